The molecule has 0 amide bonds. The zero-order valence-corrected chi connectivity index (χ0v) is 24.5. The molecule has 0 atom stereocenters. The van der Waals surface area contributed by atoms with Gasteiger partial charge >= 0.3 is 0 Å². The Labute approximate surface area is 264 Å². The van der Waals surface area contributed by atoms with Gasteiger partial charge in [-0.2, -0.15) is 0 Å². The summed E-state index contributed by atoms with van der Waals surface area (Å²) in [5.74, 6) is -1.28. The van der Waals surface area contributed by atoms with Gasteiger partial charge in [0.1, 0.15) is 22.8 Å². The first-order chi connectivity index (χ1) is 22.5. The fourth-order valence-corrected chi connectivity index (χ4v) is 4.10. The van der Waals surface area contributed by atoms with E-state index in [0.717, 1.165) is 33.8 Å². The minimum atomic E-state index is -0.640. The molecular weight excluding hydrogens is 576 g/mol. The molecule has 224 valence electrons. The van der Waals surface area contributed by atoms with Gasteiger partial charge in [0.2, 0.25) is 0 Å². The molecule has 0 spiro atoms. The van der Waals surface area contributed by atoms with Crippen LogP contribution in [0.5, 0.6) is 0 Å². The summed E-state index contributed by atoms with van der Waals surface area (Å²) in [6.45, 7) is 0. The number of pyridine rings is 4. The number of fused-ring (bicyclic) bond motifs is 1. The summed E-state index contributed by atoms with van der Waals surface area (Å²) >= 11 is 0. The number of Topliss-reactive ketones (excluding diaryl/α,β-unsaturated/α-hetero) is 2. The van der Waals surface area contributed by atoms with Gasteiger partial charge < -0.3 is 11.5 Å². The van der Waals surface area contributed by atoms with Crippen LogP contribution in [-0.4, -0.2) is 41.5 Å². The summed E-state index contributed by atoms with van der Waals surface area (Å²) in [5.41, 5.74) is 17.1. The van der Waals surface area contributed by atoms with E-state index < -0.39 is 11.6 Å². The molecule has 0 aliphatic rings. The number of hydrogen-bond acceptors (Lipinski definition) is 10. The second-order valence-electron chi connectivity index (χ2n) is 9.56. The first kappa shape index (κ1) is 30.8. The van der Waals surface area contributed by atoms with Crippen LogP contribution in [0.3, 0.4) is 0 Å². The molecule has 10 nitrogen and oxygen atoms in total. The molecule has 0 unspecified atom stereocenters. The zero-order chi connectivity index (χ0) is 32.1. The predicted octanol–water partition coefficient (Wildman–Crippen LogP) is 6.15. The number of benzene rings is 2. The first-order valence-corrected chi connectivity index (χ1v) is 14.1. The smallest absolute Gasteiger partial charge is 0.253 e. The minimum absolute atomic E-state index is 0.137. The van der Waals surface area contributed by atoms with Gasteiger partial charge in [-0.15, -0.1) is 0 Å². The predicted molar refractivity (Wildman–Crippen MR) is 178 cm³/mol. The Balaban J connectivity index is 0.000000152. The fraction of sp³-hybridized carbons (Fsp3) is 0. The van der Waals surface area contributed by atoms with Crippen molar-refractivity contribution in [3.8, 4) is 22.8 Å². The van der Waals surface area contributed by atoms with Crippen molar-refractivity contribution in [1.29, 1.82) is 0 Å². The number of nitrogen functional groups attached to an aromatic ring is 2. The number of carbonyl (C=O) groups is 2. The molecule has 0 saturated heterocycles. The summed E-state index contributed by atoms with van der Waals surface area (Å²) in [7, 11) is 0. The quantitative estimate of drug-likeness (QED) is 0.132. The average Bonchev–Trinajstić information content (AvgIpc) is 3.14. The van der Waals surface area contributed by atoms with Crippen molar-refractivity contribution in [3.05, 3.63) is 158 Å². The Morgan fingerprint density at radius 1 is 0.413 bits per heavy atom. The molecule has 0 saturated carbocycles. The maximum Gasteiger partial charge on any atom is 0.253 e. The molecule has 5 aromatic heterocycles. The third kappa shape index (κ3) is 7.82. The highest BCUT2D eigenvalue weighted by molar-refractivity contribution is 6.48. The molecule has 46 heavy (non-hydrogen) atoms. The number of aromatic nitrogens is 6. The van der Waals surface area contributed by atoms with E-state index in [1.807, 2.05) is 72.8 Å². The van der Waals surface area contributed by atoms with Crippen molar-refractivity contribution in [2.75, 3.05) is 11.5 Å². The van der Waals surface area contributed by atoms with Gasteiger partial charge in [-0.3, -0.25) is 29.5 Å². The van der Waals surface area contributed by atoms with Crippen LogP contribution >= 0.6 is 0 Å². The lowest BCUT2D eigenvalue weighted by molar-refractivity contribution is 0.0811. The van der Waals surface area contributed by atoms with E-state index in [9.17, 15) is 9.59 Å². The van der Waals surface area contributed by atoms with E-state index in [1.54, 1.807) is 48.8 Å². The molecule has 4 N–H and O–H groups in total. The summed E-state index contributed by atoms with van der Waals surface area (Å²) in [6, 6.07) is 36.3. The largest absolute Gasteiger partial charge is 0.397 e. The molecule has 5 heterocycles. The van der Waals surface area contributed by atoms with Gasteiger partial charge in [-0.25, -0.2) is 9.97 Å². The molecule has 0 bridgehead atoms. The van der Waals surface area contributed by atoms with E-state index in [2.05, 4.69) is 19.9 Å². The van der Waals surface area contributed by atoms with Crippen LogP contribution in [0, 0.1) is 0 Å². The van der Waals surface area contributed by atoms with Gasteiger partial charge in [-0.1, -0.05) is 48.5 Å². The highest BCUT2D eigenvalue weighted by Crippen LogP contribution is 2.28. The number of anilines is 2. The van der Waals surface area contributed by atoms with Gasteiger partial charge in [-0.05, 0) is 72.8 Å². The minimum Gasteiger partial charge on any atom is -0.397 e. The Morgan fingerprint density at radius 2 is 0.761 bits per heavy atom. The molecule has 7 aromatic rings. The Kier molecular flexibility index (Phi) is 10.1. The van der Waals surface area contributed by atoms with E-state index in [0.29, 0.717) is 11.4 Å². The van der Waals surface area contributed by atoms with Crippen molar-refractivity contribution in [3.63, 3.8) is 0 Å². The maximum absolute atomic E-state index is 11.7. The third-order valence-electron chi connectivity index (χ3n) is 6.38. The summed E-state index contributed by atoms with van der Waals surface area (Å²) in [4.78, 5) is 49.4. The van der Waals surface area contributed by atoms with Crippen LogP contribution in [0.1, 0.15) is 21.0 Å². The Hall–Kier alpha value is -6.68. The van der Waals surface area contributed by atoms with Gasteiger partial charge in [0, 0.05) is 24.8 Å². The number of ketones is 2. The van der Waals surface area contributed by atoms with Crippen LogP contribution in [0.25, 0.3) is 33.8 Å². The monoisotopic (exact) mass is 604 g/mol. The number of rotatable bonds is 5. The molecule has 0 aliphatic carbocycles. The van der Waals surface area contributed by atoms with Gasteiger partial charge in [0.05, 0.1) is 33.8 Å². The zero-order valence-electron chi connectivity index (χ0n) is 24.5. The van der Waals surface area contributed by atoms with Crippen LogP contribution in [0.4, 0.5) is 11.4 Å². The average molecular weight is 605 g/mol. The molecule has 0 fully saturated rings. The normalized spacial score (nSPS) is 10.1. The molecule has 10 heteroatoms. The number of carbonyl (C=O) groups excluding carboxylic acids is 2. The van der Waals surface area contributed by atoms with Gasteiger partial charge in [0.15, 0.2) is 0 Å². The van der Waals surface area contributed by atoms with Crippen LogP contribution in [0.2, 0.25) is 0 Å². The highest BCUT2D eigenvalue weighted by atomic mass is 16.2. The SMILES string of the molecule is Nc1ccccc1N.O=C(C(=O)c1ccccn1)c1ccccn1.c1ccc(-c2nc3ccccc3nc2-c2ccccn2)nc1. The third-order valence-corrected chi connectivity index (χ3v) is 6.38. The van der Waals surface area contributed by atoms with Crippen LogP contribution in [-0.2, 0) is 0 Å². The van der Waals surface area contributed by atoms with Crippen molar-refractivity contribution in [1.82, 2.24) is 29.9 Å². The van der Waals surface area contributed by atoms with Crippen molar-refractivity contribution >= 4 is 34.0 Å². The van der Waals surface area contributed by atoms with E-state index >= 15 is 0 Å². The fourth-order valence-electron chi connectivity index (χ4n) is 4.10. The van der Waals surface area contributed by atoms with Crippen LogP contribution < -0.4 is 11.5 Å². The number of nitrogens with zero attached hydrogens (tertiary/aromatic N) is 6. The summed E-state index contributed by atoms with van der Waals surface area (Å²) in [5, 5.41) is 0. The van der Waals surface area contributed by atoms with Crippen molar-refractivity contribution < 1.29 is 9.59 Å². The molecule has 2 aromatic carbocycles. The van der Waals surface area contributed by atoms with Crippen molar-refractivity contribution in [2.45, 2.75) is 0 Å². The highest BCUT2D eigenvalue weighted by Gasteiger charge is 2.20. The maximum atomic E-state index is 11.7. The topological polar surface area (TPSA) is 164 Å². The molecule has 0 aliphatic heterocycles. The summed E-state index contributed by atoms with van der Waals surface area (Å²) in [6.07, 6.45) is 6.46. The second-order valence-corrected chi connectivity index (χ2v) is 9.56. The van der Waals surface area contributed by atoms with E-state index in [-0.39, 0.29) is 11.4 Å². The van der Waals surface area contributed by atoms with Gasteiger partial charge in [0.25, 0.3) is 11.6 Å². The summed E-state index contributed by atoms with van der Waals surface area (Å²) < 4.78 is 0. The number of nitrogens with two attached hydrogens (primary N) is 2. The van der Waals surface area contributed by atoms with E-state index in [1.165, 1.54) is 24.5 Å². The number of hydrogen-bond donors (Lipinski definition) is 2. The number of para-hydroxylation sites is 4. The lowest BCUT2D eigenvalue weighted by atomic mass is 10.1. The lowest BCUT2D eigenvalue weighted by Gasteiger charge is -2.08. The second kappa shape index (κ2) is 15.2. The first-order valence-electron chi connectivity index (χ1n) is 14.1. The standard InChI is InChI=1S/C18H12N4.C12H8N2O2.C6H8N2/c1-2-8-14-13(7-1)21-17(15-9-3-5-11-19-15)18(22-14)16-10-4-6-12-20-16;15-11(9-5-1-3-7-13-9)12(16)10-6-2-4-8-14-10;7-5-3-1-2-4-6(5)8/h1-12H;1-8H;1-4H,7-8H2. The lowest BCUT2D eigenvalue weighted by Crippen LogP contribution is -2.16. The Bertz CT molecular complexity index is 1900. The van der Waals surface area contributed by atoms with E-state index in [4.69, 9.17) is 21.4 Å². The van der Waals surface area contributed by atoms with Crippen LogP contribution in [0.15, 0.2) is 146 Å². The molecule has 7 rings (SSSR count). The van der Waals surface area contributed by atoms with Crippen molar-refractivity contribution in [2.24, 2.45) is 0 Å². The molecule has 0 radical (unpaired) electrons. The molecular formula is C36H28N8O2. The Morgan fingerprint density at radius 3 is 1.09 bits per heavy atom.